The number of likely N-dealkylation sites (tertiary alicyclic amines) is 1. The quantitative estimate of drug-likeness (QED) is 0.484. The smallest absolute Gasteiger partial charge is 0.254 e. The molecule has 6 rings (SSSR count). The molecule has 3 aromatic rings. The molecule has 2 amide bonds. The van der Waals surface area contributed by atoms with Crippen LogP contribution < -0.4 is 9.47 Å². The molecule has 1 saturated heterocycles. The molecule has 0 aliphatic carbocycles. The fraction of sp³-hybridized carbons (Fsp3) is 0.375. The Balaban J connectivity index is 1.35. The van der Waals surface area contributed by atoms with Gasteiger partial charge in [0.25, 0.3) is 5.91 Å². The number of fused-ring (bicyclic) bond motifs is 4. The van der Waals surface area contributed by atoms with Crippen LogP contribution in [0.25, 0.3) is 0 Å². The van der Waals surface area contributed by atoms with Crippen LogP contribution in [0.1, 0.15) is 57.4 Å². The predicted octanol–water partition coefficient (Wildman–Crippen LogP) is 5.02. The lowest BCUT2D eigenvalue weighted by Gasteiger charge is -2.47. The van der Waals surface area contributed by atoms with Crippen LogP contribution in [0.4, 0.5) is 0 Å². The van der Waals surface area contributed by atoms with Crippen molar-refractivity contribution in [1.29, 1.82) is 0 Å². The Morgan fingerprint density at radius 3 is 2.29 bits per heavy atom. The van der Waals surface area contributed by atoms with Gasteiger partial charge in [0.05, 0.1) is 26.2 Å². The molecule has 196 valence electrons. The van der Waals surface area contributed by atoms with Crippen molar-refractivity contribution in [2.75, 3.05) is 33.9 Å². The van der Waals surface area contributed by atoms with Gasteiger partial charge in [0.2, 0.25) is 5.91 Å². The number of hydrogen-bond donors (Lipinski definition) is 0. The minimum Gasteiger partial charge on any atom is -0.493 e. The van der Waals surface area contributed by atoms with E-state index in [4.69, 9.17) is 9.47 Å². The molecule has 0 spiro atoms. The van der Waals surface area contributed by atoms with Crippen LogP contribution in [0.2, 0.25) is 0 Å². The third-order valence-corrected chi connectivity index (χ3v) is 8.59. The highest BCUT2D eigenvalue weighted by atomic mass is 16.5. The van der Waals surface area contributed by atoms with Gasteiger partial charge in [-0.15, -0.1) is 0 Å². The zero-order chi connectivity index (χ0) is 26.2. The van der Waals surface area contributed by atoms with Gasteiger partial charge in [-0.25, -0.2) is 0 Å². The molecule has 6 nitrogen and oxygen atoms in total. The van der Waals surface area contributed by atoms with Gasteiger partial charge < -0.3 is 19.3 Å². The highest BCUT2D eigenvalue weighted by Gasteiger charge is 2.48. The van der Waals surface area contributed by atoms with E-state index in [1.807, 2.05) is 28.0 Å². The minimum absolute atomic E-state index is 0.0499. The first-order valence-electron chi connectivity index (χ1n) is 13.6. The number of rotatable bonds is 5. The van der Waals surface area contributed by atoms with E-state index in [1.54, 1.807) is 20.3 Å². The number of methoxy groups -OCH3 is 2. The first kappa shape index (κ1) is 24.5. The third-order valence-electron chi connectivity index (χ3n) is 8.59. The van der Waals surface area contributed by atoms with Gasteiger partial charge in [-0.1, -0.05) is 54.6 Å². The van der Waals surface area contributed by atoms with Crippen molar-refractivity contribution in [2.24, 2.45) is 5.92 Å². The highest BCUT2D eigenvalue weighted by Crippen LogP contribution is 2.49. The second kappa shape index (κ2) is 10.2. The molecule has 2 atom stereocenters. The highest BCUT2D eigenvalue weighted by molar-refractivity contribution is 6.02. The fourth-order valence-electron chi connectivity index (χ4n) is 6.62. The zero-order valence-electron chi connectivity index (χ0n) is 22.1. The minimum atomic E-state index is -0.491. The lowest BCUT2D eigenvalue weighted by Crippen LogP contribution is -2.51. The Labute approximate surface area is 224 Å². The molecule has 3 aliphatic rings. The number of ether oxygens (including phenoxy) is 2. The largest absolute Gasteiger partial charge is 0.493 e. The van der Waals surface area contributed by atoms with Crippen molar-refractivity contribution in [3.05, 3.63) is 94.5 Å². The molecule has 0 bridgehead atoms. The monoisotopic (exact) mass is 510 g/mol. The normalized spacial score (nSPS) is 20.8. The Bertz CT molecular complexity index is 1350. The van der Waals surface area contributed by atoms with Crippen LogP contribution in [-0.2, 0) is 17.6 Å². The second-order valence-electron chi connectivity index (χ2n) is 10.6. The molecule has 3 aromatic carbocycles. The summed E-state index contributed by atoms with van der Waals surface area (Å²) in [7, 11) is 3.16. The number of carbonyl (C=O) groups is 2. The maximum absolute atomic E-state index is 14.4. The van der Waals surface area contributed by atoms with Gasteiger partial charge in [-0.05, 0) is 66.0 Å². The van der Waals surface area contributed by atoms with E-state index < -0.39 is 5.92 Å². The summed E-state index contributed by atoms with van der Waals surface area (Å²) in [6.07, 6.45) is 3.79. The summed E-state index contributed by atoms with van der Waals surface area (Å²) < 4.78 is 11.1. The van der Waals surface area contributed by atoms with Crippen molar-refractivity contribution in [1.82, 2.24) is 9.80 Å². The van der Waals surface area contributed by atoms with E-state index in [1.165, 1.54) is 11.1 Å². The van der Waals surface area contributed by atoms with Gasteiger partial charge in [0.1, 0.15) is 0 Å². The van der Waals surface area contributed by atoms with Crippen molar-refractivity contribution in [2.45, 2.75) is 37.6 Å². The Morgan fingerprint density at radius 1 is 0.868 bits per heavy atom. The summed E-state index contributed by atoms with van der Waals surface area (Å²) in [5.41, 5.74) is 4.92. The maximum atomic E-state index is 14.4. The van der Waals surface area contributed by atoms with Gasteiger partial charge in [0.15, 0.2) is 11.5 Å². The van der Waals surface area contributed by atoms with Gasteiger partial charge in [-0.3, -0.25) is 9.59 Å². The molecule has 1 fully saturated rings. The predicted molar refractivity (Wildman–Crippen MR) is 146 cm³/mol. The number of amides is 2. The third kappa shape index (κ3) is 4.22. The van der Waals surface area contributed by atoms with Crippen LogP contribution in [0.15, 0.2) is 66.7 Å². The molecule has 38 heavy (non-hydrogen) atoms. The first-order chi connectivity index (χ1) is 18.6. The standard InChI is InChI=1S/C32H34N2O4/c1-37-27-19-25-26(20-28(27)38-2)31(35)34-17-14-23-10-6-7-11-24(23)30(34)29(25)32(36)33-15-12-22(13-16-33)18-21-8-4-3-5-9-21/h3-11,19-20,22,29-30H,12-18H2,1-2H3/t29-,30-/m0/s1. The molecule has 0 radical (unpaired) electrons. The van der Waals surface area contributed by atoms with E-state index in [0.29, 0.717) is 29.5 Å². The summed E-state index contributed by atoms with van der Waals surface area (Å²) in [4.78, 5) is 32.1. The van der Waals surface area contributed by atoms with Crippen LogP contribution in [-0.4, -0.2) is 55.5 Å². The average Bonchev–Trinajstić information content (AvgIpc) is 2.97. The van der Waals surface area contributed by atoms with Crippen LogP contribution in [0.5, 0.6) is 11.5 Å². The zero-order valence-corrected chi connectivity index (χ0v) is 22.1. The first-order valence-corrected chi connectivity index (χ1v) is 13.6. The molecular formula is C32H34N2O4. The number of hydrogen-bond acceptors (Lipinski definition) is 4. The summed E-state index contributed by atoms with van der Waals surface area (Å²) in [6, 6.07) is 22.1. The summed E-state index contributed by atoms with van der Waals surface area (Å²) in [6.45, 7) is 2.06. The molecule has 3 aliphatic heterocycles. The van der Waals surface area contributed by atoms with Crippen molar-refractivity contribution >= 4 is 11.8 Å². The number of piperidine rings is 1. The van der Waals surface area contributed by atoms with E-state index in [9.17, 15) is 9.59 Å². The number of benzene rings is 3. The summed E-state index contributed by atoms with van der Waals surface area (Å²) >= 11 is 0. The Morgan fingerprint density at radius 2 is 1.55 bits per heavy atom. The molecule has 3 heterocycles. The summed E-state index contributed by atoms with van der Waals surface area (Å²) in [5.74, 6) is 1.16. The SMILES string of the molecule is COc1cc2c(cc1OC)[C@H](C(=O)N1CCC(Cc3ccccc3)CC1)[C@@H]1c3ccccc3CCN1C2=O. The van der Waals surface area contributed by atoms with E-state index in [-0.39, 0.29) is 17.9 Å². The van der Waals surface area contributed by atoms with Gasteiger partial charge in [-0.2, -0.15) is 0 Å². The molecule has 0 saturated carbocycles. The van der Waals surface area contributed by atoms with Crippen molar-refractivity contribution in [3.8, 4) is 11.5 Å². The van der Waals surface area contributed by atoms with Crippen molar-refractivity contribution < 1.29 is 19.1 Å². The maximum Gasteiger partial charge on any atom is 0.254 e. The molecular weight excluding hydrogens is 476 g/mol. The molecule has 0 N–H and O–H groups in total. The fourth-order valence-corrected chi connectivity index (χ4v) is 6.62. The van der Waals surface area contributed by atoms with E-state index in [0.717, 1.165) is 49.9 Å². The molecule has 6 heteroatoms. The van der Waals surface area contributed by atoms with Crippen LogP contribution >= 0.6 is 0 Å². The lowest BCUT2D eigenvalue weighted by atomic mass is 9.75. The van der Waals surface area contributed by atoms with E-state index >= 15 is 0 Å². The van der Waals surface area contributed by atoms with Crippen LogP contribution in [0, 0.1) is 5.92 Å². The summed E-state index contributed by atoms with van der Waals surface area (Å²) in [5, 5.41) is 0. The Hall–Kier alpha value is -3.80. The van der Waals surface area contributed by atoms with Gasteiger partial charge >= 0.3 is 0 Å². The topological polar surface area (TPSA) is 59.1 Å². The molecule has 0 unspecified atom stereocenters. The lowest BCUT2D eigenvalue weighted by molar-refractivity contribution is -0.136. The number of carbonyl (C=O) groups excluding carboxylic acids is 2. The Kier molecular flexibility index (Phi) is 6.56. The van der Waals surface area contributed by atoms with Gasteiger partial charge in [0, 0.05) is 25.2 Å². The average molecular weight is 511 g/mol. The van der Waals surface area contributed by atoms with E-state index in [2.05, 4.69) is 42.5 Å². The molecule has 0 aromatic heterocycles. The number of nitrogens with zero attached hydrogens (tertiary/aromatic N) is 2. The van der Waals surface area contributed by atoms with Crippen molar-refractivity contribution in [3.63, 3.8) is 0 Å². The van der Waals surface area contributed by atoms with Crippen LogP contribution in [0.3, 0.4) is 0 Å². The second-order valence-corrected chi connectivity index (χ2v) is 10.6.